The standard InChI is InChI=1S/C26H17Cl2FN2O2S/c27-20-8-3-1-6-16(20)13-30-14-17(18-7-2-4-11-23(18)30)12-24-25(32)31(26(33)34-24)15-19-21(28)9-5-10-22(19)29/h1-12,14H,13,15H2. The van der Waals surface area contributed by atoms with E-state index in [-0.39, 0.29) is 22.0 Å². The van der Waals surface area contributed by atoms with Crippen LogP contribution in [0.5, 0.6) is 0 Å². The third-order valence-corrected chi connectivity index (χ3v) is 7.29. The van der Waals surface area contributed by atoms with Crippen molar-refractivity contribution in [1.82, 2.24) is 9.47 Å². The zero-order valence-corrected chi connectivity index (χ0v) is 20.0. The average Bonchev–Trinajstić information content (AvgIpc) is 3.29. The number of benzene rings is 3. The van der Waals surface area contributed by atoms with E-state index in [4.69, 9.17) is 23.2 Å². The van der Waals surface area contributed by atoms with Crippen LogP contribution in [0, 0.1) is 5.82 Å². The van der Waals surface area contributed by atoms with Crippen molar-refractivity contribution >= 4 is 63.1 Å². The summed E-state index contributed by atoms with van der Waals surface area (Å²) in [6, 6.07) is 19.7. The van der Waals surface area contributed by atoms with Gasteiger partial charge in [-0.1, -0.05) is 65.7 Å². The molecule has 2 heterocycles. The number of amides is 2. The Labute approximate surface area is 209 Å². The number of rotatable bonds is 5. The first-order valence-corrected chi connectivity index (χ1v) is 12.0. The lowest BCUT2D eigenvalue weighted by molar-refractivity contribution is -0.123. The molecule has 0 radical (unpaired) electrons. The van der Waals surface area contributed by atoms with Crippen LogP contribution < -0.4 is 0 Å². The summed E-state index contributed by atoms with van der Waals surface area (Å²) in [7, 11) is 0. The van der Waals surface area contributed by atoms with Crippen LogP contribution >= 0.6 is 35.0 Å². The monoisotopic (exact) mass is 510 g/mol. The molecule has 0 atom stereocenters. The van der Waals surface area contributed by atoms with E-state index in [0.717, 1.165) is 38.7 Å². The quantitative estimate of drug-likeness (QED) is 0.263. The molecule has 0 unspecified atom stereocenters. The zero-order chi connectivity index (χ0) is 23.8. The molecule has 170 valence electrons. The number of thioether (sulfide) groups is 1. The highest BCUT2D eigenvalue weighted by Crippen LogP contribution is 2.36. The second kappa shape index (κ2) is 9.29. The van der Waals surface area contributed by atoms with E-state index < -0.39 is 17.0 Å². The molecule has 1 saturated heterocycles. The fourth-order valence-corrected chi connectivity index (χ4v) is 5.20. The molecule has 1 fully saturated rings. The molecule has 5 rings (SSSR count). The van der Waals surface area contributed by atoms with Crippen LogP contribution in [-0.2, 0) is 17.9 Å². The summed E-state index contributed by atoms with van der Waals surface area (Å²) < 4.78 is 16.3. The lowest BCUT2D eigenvalue weighted by atomic mass is 10.1. The summed E-state index contributed by atoms with van der Waals surface area (Å²) in [4.78, 5) is 26.9. The molecule has 1 aliphatic rings. The number of imide groups is 1. The van der Waals surface area contributed by atoms with Gasteiger partial charge in [-0.3, -0.25) is 14.5 Å². The Bertz CT molecular complexity index is 1460. The van der Waals surface area contributed by atoms with E-state index in [9.17, 15) is 14.0 Å². The van der Waals surface area contributed by atoms with E-state index >= 15 is 0 Å². The first-order chi connectivity index (χ1) is 16.4. The van der Waals surface area contributed by atoms with E-state index in [1.54, 1.807) is 6.08 Å². The van der Waals surface area contributed by atoms with E-state index in [0.29, 0.717) is 11.6 Å². The van der Waals surface area contributed by atoms with Gasteiger partial charge in [-0.05, 0) is 47.7 Å². The van der Waals surface area contributed by atoms with Crippen molar-refractivity contribution in [3.63, 3.8) is 0 Å². The average molecular weight is 511 g/mol. The van der Waals surface area contributed by atoms with Gasteiger partial charge < -0.3 is 4.57 Å². The molecule has 4 nitrogen and oxygen atoms in total. The SMILES string of the molecule is O=C1SC(=Cc2cn(Cc3ccccc3Cl)c3ccccc23)C(=O)N1Cc1c(F)cccc1Cl. The number of halogens is 3. The van der Waals surface area contributed by atoms with Crippen molar-refractivity contribution in [1.29, 1.82) is 0 Å². The Morgan fingerprint density at radius 2 is 1.62 bits per heavy atom. The normalized spacial score (nSPS) is 15.1. The van der Waals surface area contributed by atoms with Crippen LogP contribution in [0.4, 0.5) is 9.18 Å². The van der Waals surface area contributed by atoms with Crippen molar-refractivity contribution < 1.29 is 14.0 Å². The van der Waals surface area contributed by atoms with Crippen molar-refractivity contribution in [2.75, 3.05) is 0 Å². The van der Waals surface area contributed by atoms with Gasteiger partial charge in [0.1, 0.15) is 5.82 Å². The van der Waals surface area contributed by atoms with E-state index in [2.05, 4.69) is 4.57 Å². The minimum Gasteiger partial charge on any atom is -0.342 e. The Morgan fingerprint density at radius 3 is 2.41 bits per heavy atom. The molecule has 1 aliphatic heterocycles. The number of para-hydroxylation sites is 1. The third kappa shape index (κ3) is 4.25. The van der Waals surface area contributed by atoms with E-state index in [1.807, 2.05) is 54.7 Å². The second-order valence-corrected chi connectivity index (χ2v) is 9.60. The van der Waals surface area contributed by atoms with Gasteiger partial charge in [-0.15, -0.1) is 0 Å². The van der Waals surface area contributed by atoms with Gasteiger partial charge >= 0.3 is 0 Å². The smallest absolute Gasteiger partial charge is 0.293 e. The number of carbonyl (C=O) groups excluding carboxylic acids is 2. The van der Waals surface area contributed by atoms with Gasteiger partial charge in [0, 0.05) is 44.8 Å². The second-order valence-electron chi connectivity index (χ2n) is 7.79. The molecule has 34 heavy (non-hydrogen) atoms. The van der Waals surface area contributed by atoms with Gasteiger partial charge in [0.15, 0.2) is 0 Å². The summed E-state index contributed by atoms with van der Waals surface area (Å²) >= 11 is 13.3. The maximum absolute atomic E-state index is 14.2. The molecule has 0 aliphatic carbocycles. The van der Waals surface area contributed by atoms with Gasteiger partial charge in [0.25, 0.3) is 11.1 Å². The molecule has 0 bridgehead atoms. The Balaban J connectivity index is 1.48. The highest BCUT2D eigenvalue weighted by Gasteiger charge is 2.36. The predicted molar refractivity (Wildman–Crippen MR) is 135 cm³/mol. The number of fused-ring (bicyclic) bond motifs is 1. The molecule has 0 spiro atoms. The zero-order valence-electron chi connectivity index (χ0n) is 17.7. The van der Waals surface area contributed by atoms with Crippen molar-refractivity contribution in [2.24, 2.45) is 0 Å². The largest absolute Gasteiger partial charge is 0.342 e. The van der Waals surface area contributed by atoms with Crippen LogP contribution in [-0.4, -0.2) is 20.6 Å². The van der Waals surface area contributed by atoms with Crippen molar-refractivity contribution in [3.05, 3.63) is 110 Å². The number of aromatic nitrogens is 1. The van der Waals surface area contributed by atoms with Crippen LogP contribution in [0.3, 0.4) is 0 Å². The van der Waals surface area contributed by atoms with Crippen molar-refractivity contribution in [2.45, 2.75) is 13.1 Å². The molecular formula is C26H17Cl2FN2O2S. The predicted octanol–water partition coefficient (Wildman–Crippen LogP) is 7.37. The molecule has 0 saturated carbocycles. The number of hydrogen-bond acceptors (Lipinski definition) is 3. The van der Waals surface area contributed by atoms with Gasteiger partial charge in [0.2, 0.25) is 0 Å². The number of hydrogen-bond donors (Lipinski definition) is 0. The molecule has 3 aromatic carbocycles. The first kappa shape index (κ1) is 22.7. The minimum atomic E-state index is -0.557. The maximum Gasteiger partial charge on any atom is 0.293 e. The van der Waals surface area contributed by atoms with Crippen LogP contribution in [0.25, 0.3) is 17.0 Å². The lowest BCUT2D eigenvalue weighted by Crippen LogP contribution is -2.28. The van der Waals surface area contributed by atoms with Crippen molar-refractivity contribution in [3.8, 4) is 0 Å². The highest BCUT2D eigenvalue weighted by molar-refractivity contribution is 8.18. The fraction of sp³-hybridized carbons (Fsp3) is 0.0769. The Morgan fingerprint density at radius 1 is 0.882 bits per heavy atom. The van der Waals surface area contributed by atoms with Crippen LogP contribution in [0.15, 0.2) is 77.8 Å². The van der Waals surface area contributed by atoms with Crippen LogP contribution in [0.2, 0.25) is 10.0 Å². The summed E-state index contributed by atoms with van der Waals surface area (Å²) in [5.41, 5.74) is 2.87. The molecule has 1 aromatic heterocycles. The summed E-state index contributed by atoms with van der Waals surface area (Å²) in [5.74, 6) is -1.03. The summed E-state index contributed by atoms with van der Waals surface area (Å²) in [6.07, 6.45) is 3.65. The number of carbonyl (C=O) groups is 2. The van der Waals surface area contributed by atoms with Gasteiger partial charge in [0.05, 0.1) is 11.4 Å². The third-order valence-electron chi connectivity index (χ3n) is 5.66. The van der Waals surface area contributed by atoms with Gasteiger partial charge in [-0.2, -0.15) is 0 Å². The fourth-order valence-electron chi connectivity index (χ4n) is 3.95. The topological polar surface area (TPSA) is 42.3 Å². The summed E-state index contributed by atoms with van der Waals surface area (Å²) in [5, 5.41) is 1.33. The Hall–Kier alpha value is -3.06. The van der Waals surface area contributed by atoms with Crippen LogP contribution in [0.1, 0.15) is 16.7 Å². The highest BCUT2D eigenvalue weighted by atomic mass is 35.5. The minimum absolute atomic E-state index is 0.115. The van der Waals surface area contributed by atoms with E-state index in [1.165, 1.54) is 18.2 Å². The molecule has 8 heteroatoms. The molecule has 4 aromatic rings. The number of nitrogens with zero attached hydrogens (tertiary/aromatic N) is 2. The summed E-state index contributed by atoms with van der Waals surface area (Å²) in [6.45, 7) is 0.336. The lowest BCUT2D eigenvalue weighted by Gasteiger charge is -2.14. The Kier molecular flexibility index (Phi) is 6.21. The first-order valence-electron chi connectivity index (χ1n) is 10.4. The maximum atomic E-state index is 14.2. The van der Waals surface area contributed by atoms with Gasteiger partial charge in [-0.25, -0.2) is 4.39 Å². The molecule has 0 N–H and O–H groups in total. The molecule has 2 amide bonds. The molecular weight excluding hydrogens is 494 g/mol.